The van der Waals surface area contributed by atoms with Gasteiger partial charge in [0.05, 0.1) is 13.2 Å². The molecule has 1 fully saturated rings. The topological polar surface area (TPSA) is 12.5 Å². The van der Waals surface area contributed by atoms with E-state index in [1.54, 1.807) is 0 Å². The van der Waals surface area contributed by atoms with Crippen molar-refractivity contribution in [2.75, 3.05) is 31.2 Å². The number of hydrogen-bond donors (Lipinski definition) is 0. The van der Waals surface area contributed by atoms with Gasteiger partial charge in [-0.15, -0.1) is 0 Å². The van der Waals surface area contributed by atoms with Gasteiger partial charge in [0.15, 0.2) is 0 Å². The molecule has 98 valence electrons. The van der Waals surface area contributed by atoms with Gasteiger partial charge < -0.3 is 9.64 Å². The molecule has 2 heteroatoms. The summed E-state index contributed by atoms with van der Waals surface area (Å²) in [6.45, 7) is 5.79. The van der Waals surface area contributed by atoms with Gasteiger partial charge in [-0.2, -0.15) is 0 Å². The van der Waals surface area contributed by atoms with Gasteiger partial charge in [0.1, 0.15) is 0 Å². The van der Waals surface area contributed by atoms with Crippen molar-refractivity contribution < 1.29 is 4.74 Å². The van der Waals surface area contributed by atoms with Crippen LogP contribution in [0.1, 0.15) is 5.56 Å². The first kappa shape index (κ1) is 12.2. The minimum absolute atomic E-state index is 0.828. The highest BCUT2D eigenvalue weighted by Gasteiger charge is 2.12. The van der Waals surface area contributed by atoms with Crippen LogP contribution in [-0.4, -0.2) is 26.3 Å². The minimum atomic E-state index is 0.828. The fourth-order valence-corrected chi connectivity index (χ4v) is 2.56. The number of morpholine rings is 1. The Hall–Kier alpha value is -1.80. The third-order valence-corrected chi connectivity index (χ3v) is 3.55. The van der Waals surface area contributed by atoms with Crippen LogP contribution in [0.2, 0.25) is 0 Å². The highest BCUT2D eigenvalue weighted by molar-refractivity contribution is 5.69. The van der Waals surface area contributed by atoms with Crippen LogP contribution in [-0.2, 0) is 4.74 Å². The van der Waals surface area contributed by atoms with Gasteiger partial charge in [-0.1, -0.05) is 36.4 Å². The molecule has 1 aliphatic heterocycles. The highest BCUT2D eigenvalue weighted by Crippen LogP contribution is 2.27. The first-order valence-corrected chi connectivity index (χ1v) is 6.83. The summed E-state index contributed by atoms with van der Waals surface area (Å²) < 4.78 is 5.42. The molecule has 19 heavy (non-hydrogen) atoms. The SMILES string of the molecule is Cc1cc(-c2ccccc2)cc(N2CCOCC2)c1. The van der Waals surface area contributed by atoms with E-state index in [1.165, 1.54) is 22.4 Å². The van der Waals surface area contributed by atoms with Crippen molar-refractivity contribution in [1.29, 1.82) is 0 Å². The molecule has 0 N–H and O–H groups in total. The fraction of sp³-hybridized carbons (Fsp3) is 0.294. The third-order valence-electron chi connectivity index (χ3n) is 3.55. The number of rotatable bonds is 2. The highest BCUT2D eigenvalue weighted by atomic mass is 16.5. The Balaban J connectivity index is 1.96. The van der Waals surface area contributed by atoms with Crippen LogP contribution in [0.15, 0.2) is 48.5 Å². The lowest BCUT2D eigenvalue weighted by molar-refractivity contribution is 0.122. The maximum atomic E-state index is 5.42. The third kappa shape index (κ3) is 2.79. The number of hydrogen-bond acceptors (Lipinski definition) is 2. The van der Waals surface area contributed by atoms with Crippen molar-refractivity contribution in [3.63, 3.8) is 0 Å². The monoisotopic (exact) mass is 253 g/mol. The van der Waals surface area contributed by atoms with Crippen LogP contribution in [0.4, 0.5) is 5.69 Å². The van der Waals surface area contributed by atoms with E-state index < -0.39 is 0 Å². The summed E-state index contributed by atoms with van der Waals surface area (Å²) in [5.41, 5.74) is 5.19. The Morgan fingerprint density at radius 1 is 0.895 bits per heavy atom. The quantitative estimate of drug-likeness (QED) is 0.812. The lowest BCUT2D eigenvalue weighted by atomic mass is 10.0. The molecule has 0 atom stereocenters. The van der Waals surface area contributed by atoms with Gasteiger partial charge in [0, 0.05) is 18.8 Å². The van der Waals surface area contributed by atoms with Gasteiger partial charge >= 0.3 is 0 Å². The van der Waals surface area contributed by atoms with Gasteiger partial charge in [-0.3, -0.25) is 0 Å². The first-order chi connectivity index (χ1) is 9.33. The number of ether oxygens (including phenoxy) is 1. The standard InChI is InChI=1S/C17H19NO/c1-14-11-16(15-5-3-2-4-6-15)13-17(12-14)18-7-9-19-10-8-18/h2-6,11-13H,7-10H2,1H3. The first-order valence-electron chi connectivity index (χ1n) is 6.83. The van der Waals surface area contributed by atoms with Crippen molar-refractivity contribution in [1.82, 2.24) is 0 Å². The Bertz CT molecular complexity index is 544. The van der Waals surface area contributed by atoms with E-state index in [1.807, 2.05) is 0 Å². The molecule has 0 aromatic heterocycles. The van der Waals surface area contributed by atoms with Gasteiger partial charge in [-0.25, -0.2) is 0 Å². The van der Waals surface area contributed by atoms with Crippen molar-refractivity contribution in [3.05, 3.63) is 54.1 Å². The fourth-order valence-electron chi connectivity index (χ4n) is 2.56. The Morgan fingerprint density at radius 2 is 1.63 bits per heavy atom. The molecule has 0 unspecified atom stereocenters. The molecular weight excluding hydrogens is 234 g/mol. The maximum Gasteiger partial charge on any atom is 0.0642 e. The summed E-state index contributed by atoms with van der Waals surface area (Å²) in [6, 6.07) is 17.4. The molecule has 1 heterocycles. The van der Waals surface area contributed by atoms with E-state index in [2.05, 4.69) is 60.4 Å². The average Bonchev–Trinajstić information content (AvgIpc) is 2.48. The second-order valence-electron chi connectivity index (χ2n) is 5.02. The molecule has 0 spiro atoms. The molecule has 0 aliphatic carbocycles. The molecule has 0 radical (unpaired) electrons. The minimum Gasteiger partial charge on any atom is -0.378 e. The van der Waals surface area contributed by atoms with E-state index in [4.69, 9.17) is 4.74 Å². The summed E-state index contributed by atoms with van der Waals surface area (Å²) in [6.07, 6.45) is 0. The second-order valence-corrected chi connectivity index (χ2v) is 5.02. The van der Waals surface area contributed by atoms with Crippen LogP contribution < -0.4 is 4.90 Å². The number of benzene rings is 2. The lowest BCUT2D eigenvalue weighted by Gasteiger charge is -2.29. The molecule has 0 bridgehead atoms. The zero-order valence-electron chi connectivity index (χ0n) is 11.3. The molecule has 2 nitrogen and oxygen atoms in total. The van der Waals surface area contributed by atoms with E-state index in [0.717, 1.165) is 26.3 Å². The van der Waals surface area contributed by atoms with Crippen LogP contribution in [0.25, 0.3) is 11.1 Å². The van der Waals surface area contributed by atoms with Crippen LogP contribution in [0.3, 0.4) is 0 Å². The van der Waals surface area contributed by atoms with E-state index >= 15 is 0 Å². The molecule has 1 aliphatic rings. The van der Waals surface area contributed by atoms with Crippen LogP contribution in [0.5, 0.6) is 0 Å². The summed E-state index contributed by atoms with van der Waals surface area (Å²) in [7, 11) is 0. The normalized spacial score (nSPS) is 15.5. The van der Waals surface area contributed by atoms with Crippen LogP contribution >= 0.6 is 0 Å². The maximum absolute atomic E-state index is 5.42. The Kier molecular flexibility index (Phi) is 3.51. The summed E-state index contributed by atoms with van der Waals surface area (Å²) in [5.74, 6) is 0. The van der Waals surface area contributed by atoms with Crippen molar-refractivity contribution in [3.8, 4) is 11.1 Å². The van der Waals surface area contributed by atoms with Crippen molar-refractivity contribution in [2.45, 2.75) is 6.92 Å². The predicted octanol–water partition coefficient (Wildman–Crippen LogP) is 3.50. The molecular formula is C17H19NO. The molecule has 1 saturated heterocycles. The molecule has 2 aromatic carbocycles. The van der Waals surface area contributed by atoms with Gasteiger partial charge in [0.25, 0.3) is 0 Å². The largest absolute Gasteiger partial charge is 0.378 e. The number of aryl methyl sites for hydroxylation is 1. The molecule has 3 rings (SSSR count). The molecule has 0 amide bonds. The predicted molar refractivity (Wildman–Crippen MR) is 79.6 cm³/mol. The molecule has 2 aromatic rings. The molecule has 0 saturated carbocycles. The summed E-state index contributed by atoms with van der Waals surface area (Å²) in [5, 5.41) is 0. The number of anilines is 1. The summed E-state index contributed by atoms with van der Waals surface area (Å²) >= 11 is 0. The average molecular weight is 253 g/mol. The Morgan fingerprint density at radius 3 is 2.37 bits per heavy atom. The van der Waals surface area contributed by atoms with Gasteiger partial charge in [-0.05, 0) is 35.7 Å². The van der Waals surface area contributed by atoms with Crippen LogP contribution in [0, 0.1) is 6.92 Å². The second kappa shape index (κ2) is 5.45. The van der Waals surface area contributed by atoms with Crippen molar-refractivity contribution in [2.24, 2.45) is 0 Å². The Labute approximate surface area is 114 Å². The lowest BCUT2D eigenvalue weighted by Crippen LogP contribution is -2.36. The van der Waals surface area contributed by atoms with Crippen molar-refractivity contribution >= 4 is 5.69 Å². The van der Waals surface area contributed by atoms with E-state index in [0.29, 0.717) is 0 Å². The van der Waals surface area contributed by atoms with Gasteiger partial charge in [0.2, 0.25) is 0 Å². The zero-order valence-corrected chi connectivity index (χ0v) is 11.3. The zero-order chi connectivity index (χ0) is 13.1. The van der Waals surface area contributed by atoms with E-state index in [-0.39, 0.29) is 0 Å². The number of nitrogens with zero attached hydrogens (tertiary/aromatic N) is 1. The smallest absolute Gasteiger partial charge is 0.0642 e. The van der Waals surface area contributed by atoms with E-state index in [9.17, 15) is 0 Å². The summed E-state index contributed by atoms with van der Waals surface area (Å²) in [4.78, 5) is 2.41.